The third-order valence-corrected chi connectivity index (χ3v) is 10.0. The van der Waals surface area contributed by atoms with E-state index in [0.29, 0.717) is 29.0 Å². The summed E-state index contributed by atoms with van der Waals surface area (Å²) in [4.78, 5) is 13.1. The Morgan fingerprint density at radius 2 is 1.64 bits per heavy atom. The smallest absolute Gasteiger partial charge is 0.159 e. The Bertz CT molecular complexity index is 630. The van der Waals surface area contributed by atoms with E-state index in [2.05, 4.69) is 40.7 Å². The summed E-state index contributed by atoms with van der Waals surface area (Å²) >= 11 is 0. The molecule has 0 aliphatic heterocycles. The zero-order chi connectivity index (χ0) is 20.1. The maximum absolute atomic E-state index is 13.1. The van der Waals surface area contributed by atoms with Gasteiger partial charge in [0.05, 0.1) is 0 Å². The fourth-order valence-corrected chi connectivity index (χ4v) is 8.44. The summed E-state index contributed by atoms with van der Waals surface area (Å²) in [6, 6.07) is 0. The minimum Gasteiger partial charge on any atom is -0.295 e. The molecule has 158 valence electrons. The van der Waals surface area contributed by atoms with Gasteiger partial charge in [-0.2, -0.15) is 0 Å². The van der Waals surface area contributed by atoms with Crippen molar-refractivity contribution in [2.24, 2.45) is 46.3 Å². The van der Waals surface area contributed by atoms with Gasteiger partial charge in [-0.3, -0.25) is 4.79 Å². The maximum Gasteiger partial charge on any atom is 0.159 e. The first-order chi connectivity index (χ1) is 13.3. The first-order valence-corrected chi connectivity index (χ1v) is 12.5. The van der Waals surface area contributed by atoms with Crippen molar-refractivity contribution >= 4 is 5.78 Å². The van der Waals surface area contributed by atoms with Crippen molar-refractivity contribution in [3.05, 3.63) is 11.6 Å². The van der Waals surface area contributed by atoms with E-state index in [1.807, 2.05) is 0 Å². The van der Waals surface area contributed by atoms with E-state index in [0.717, 1.165) is 24.2 Å². The van der Waals surface area contributed by atoms with Crippen molar-refractivity contribution in [1.29, 1.82) is 0 Å². The van der Waals surface area contributed by atoms with Gasteiger partial charge in [0.25, 0.3) is 0 Å². The summed E-state index contributed by atoms with van der Waals surface area (Å²) in [5.41, 5.74) is 2.32. The third kappa shape index (κ3) is 3.24. The van der Waals surface area contributed by atoms with Crippen LogP contribution in [0.5, 0.6) is 0 Å². The van der Waals surface area contributed by atoms with Gasteiger partial charge in [0, 0.05) is 5.92 Å². The van der Waals surface area contributed by atoms with Crippen molar-refractivity contribution in [3.8, 4) is 0 Å². The highest BCUT2D eigenvalue weighted by atomic mass is 16.1. The maximum atomic E-state index is 13.1. The van der Waals surface area contributed by atoms with Gasteiger partial charge in [-0.1, -0.05) is 72.3 Å². The normalized spacial score (nSPS) is 43.9. The van der Waals surface area contributed by atoms with Crippen LogP contribution in [0.3, 0.4) is 0 Å². The number of fused-ring (bicyclic) bond motifs is 5. The van der Waals surface area contributed by atoms with Crippen LogP contribution in [0.2, 0.25) is 0 Å². The number of carbonyl (C=O) groups excluding carboxylic acids is 1. The highest BCUT2D eigenvalue weighted by molar-refractivity contribution is 5.94. The molecule has 1 nitrogen and oxygen atoms in total. The summed E-state index contributed by atoms with van der Waals surface area (Å²) < 4.78 is 0. The van der Waals surface area contributed by atoms with E-state index in [-0.39, 0.29) is 5.41 Å². The fraction of sp³-hybridized carbons (Fsp3) is 0.889. The molecule has 0 radical (unpaired) electrons. The Hall–Kier alpha value is -0.590. The van der Waals surface area contributed by atoms with E-state index < -0.39 is 0 Å². The van der Waals surface area contributed by atoms with Crippen LogP contribution in [0.4, 0.5) is 0 Å². The summed E-state index contributed by atoms with van der Waals surface area (Å²) in [7, 11) is 0. The number of hydrogen-bond acceptors (Lipinski definition) is 1. The predicted molar refractivity (Wildman–Crippen MR) is 118 cm³/mol. The molecular weight excluding hydrogens is 340 g/mol. The summed E-state index contributed by atoms with van der Waals surface area (Å²) in [6.07, 6.45) is 16.8. The first kappa shape index (κ1) is 20.7. The molecule has 0 aromatic heterocycles. The molecule has 0 aromatic rings. The fourth-order valence-electron chi connectivity index (χ4n) is 8.44. The summed E-state index contributed by atoms with van der Waals surface area (Å²) in [5, 5.41) is 0. The Balaban J connectivity index is 1.55. The zero-order valence-corrected chi connectivity index (χ0v) is 19.2. The molecule has 0 aromatic carbocycles. The molecule has 2 unspecified atom stereocenters. The van der Waals surface area contributed by atoms with Gasteiger partial charge in [-0.15, -0.1) is 0 Å². The van der Waals surface area contributed by atoms with Crippen LogP contribution in [0.15, 0.2) is 11.6 Å². The molecule has 4 aliphatic carbocycles. The van der Waals surface area contributed by atoms with E-state index in [4.69, 9.17) is 0 Å². The second kappa shape index (κ2) is 7.59. The summed E-state index contributed by atoms with van der Waals surface area (Å²) in [6.45, 7) is 12.3. The third-order valence-electron chi connectivity index (χ3n) is 10.0. The van der Waals surface area contributed by atoms with Gasteiger partial charge in [0.1, 0.15) is 0 Å². The van der Waals surface area contributed by atoms with Crippen LogP contribution in [-0.4, -0.2) is 5.78 Å². The molecule has 0 saturated heterocycles. The number of allylic oxidation sites excluding steroid dienone is 2. The van der Waals surface area contributed by atoms with Crippen LogP contribution in [-0.2, 0) is 4.79 Å². The average Bonchev–Trinajstić information content (AvgIpc) is 2.99. The van der Waals surface area contributed by atoms with E-state index in [1.54, 1.807) is 5.57 Å². The van der Waals surface area contributed by atoms with Gasteiger partial charge in [0.2, 0.25) is 0 Å². The van der Waals surface area contributed by atoms with Gasteiger partial charge in [-0.25, -0.2) is 0 Å². The second-order valence-corrected chi connectivity index (χ2v) is 12.0. The molecule has 28 heavy (non-hydrogen) atoms. The molecule has 1 heteroatoms. The van der Waals surface area contributed by atoms with E-state index in [9.17, 15) is 4.79 Å². The molecule has 0 heterocycles. The van der Waals surface area contributed by atoms with Crippen molar-refractivity contribution in [3.63, 3.8) is 0 Å². The van der Waals surface area contributed by atoms with Gasteiger partial charge in [0.15, 0.2) is 5.78 Å². The zero-order valence-electron chi connectivity index (χ0n) is 19.2. The number of hydrogen-bond donors (Lipinski definition) is 0. The van der Waals surface area contributed by atoms with Gasteiger partial charge >= 0.3 is 0 Å². The molecule has 3 fully saturated rings. The SMILES string of the molecule is CC(C)CCCC(C)[C@H]1CC[C@H]2C3=CC(=O)C4CCCC[C@]4(C)[C@H]3CC[C@]12C. The molecule has 0 spiro atoms. The molecule has 7 atom stereocenters. The molecule has 0 bridgehead atoms. The standard InChI is InChI=1S/C27H44O/c1-18(2)9-8-10-19(3)21-12-13-22-20-17-25(28)24-11-6-7-15-26(24,4)23(20)14-16-27(21,22)5/h17-19,21-24H,6-16H2,1-5H3/t19?,21-,22+,23+,24?,26-,27-/m1/s1. The Labute approximate surface area is 174 Å². The lowest BCUT2D eigenvalue weighted by atomic mass is 9.47. The molecule has 0 amide bonds. The average molecular weight is 385 g/mol. The van der Waals surface area contributed by atoms with Gasteiger partial charge < -0.3 is 0 Å². The monoisotopic (exact) mass is 384 g/mol. The largest absolute Gasteiger partial charge is 0.295 e. The lowest BCUT2D eigenvalue weighted by Crippen LogP contribution is -2.51. The van der Waals surface area contributed by atoms with Crippen LogP contribution >= 0.6 is 0 Å². The molecule has 3 saturated carbocycles. The predicted octanol–water partition coefficient (Wildman–Crippen LogP) is 7.60. The lowest BCUT2D eigenvalue weighted by Gasteiger charge is -2.56. The molecule has 4 rings (SSSR count). The Kier molecular flexibility index (Phi) is 5.60. The second-order valence-electron chi connectivity index (χ2n) is 12.0. The number of rotatable bonds is 5. The minimum atomic E-state index is 0.266. The molecule has 0 N–H and O–H groups in total. The Morgan fingerprint density at radius 3 is 2.39 bits per heavy atom. The van der Waals surface area contributed by atoms with Crippen LogP contribution in [0.1, 0.15) is 105 Å². The molecular formula is C27H44O. The molecule has 4 aliphatic rings. The Morgan fingerprint density at radius 1 is 0.893 bits per heavy atom. The van der Waals surface area contributed by atoms with Crippen LogP contribution < -0.4 is 0 Å². The van der Waals surface area contributed by atoms with Crippen LogP contribution in [0.25, 0.3) is 0 Å². The topological polar surface area (TPSA) is 17.1 Å². The van der Waals surface area contributed by atoms with Gasteiger partial charge in [-0.05, 0) is 85.0 Å². The van der Waals surface area contributed by atoms with Crippen molar-refractivity contribution in [2.45, 2.75) is 105 Å². The number of ketones is 1. The van der Waals surface area contributed by atoms with Crippen LogP contribution in [0, 0.1) is 46.3 Å². The lowest BCUT2D eigenvalue weighted by molar-refractivity contribution is -0.128. The van der Waals surface area contributed by atoms with Crippen molar-refractivity contribution < 1.29 is 4.79 Å². The quantitative estimate of drug-likeness (QED) is 0.477. The highest BCUT2D eigenvalue weighted by Gasteiger charge is 2.59. The first-order valence-electron chi connectivity index (χ1n) is 12.5. The van der Waals surface area contributed by atoms with E-state index >= 15 is 0 Å². The minimum absolute atomic E-state index is 0.266. The number of carbonyl (C=O) groups is 1. The highest BCUT2D eigenvalue weighted by Crippen LogP contribution is 2.66. The summed E-state index contributed by atoms with van der Waals surface area (Å²) in [5.74, 6) is 4.73. The van der Waals surface area contributed by atoms with Crippen molar-refractivity contribution in [1.82, 2.24) is 0 Å². The van der Waals surface area contributed by atoms with E-state index in [1.165, 1.54) is 64.2 Å². The van der Waals surface area contributed by atoms with Crippen molar-refractivity contribution in [2.75, 3.05) is 0 Å².